The molecular formula is C20H23N3O5S2. The number of piperazine rings is 1. The second-order valence-electron chi connectivity index (χ2n) is 7.26. The molecule has 0 radical (unpaired) electrons. The van der Waals surface area contributed by atoms with E-state index in [1.54, 1.807) is 12.1 Å². The van der Waals surface area contributed by atoms with Gasteiger partial charge in [0.25, 0.3) is 0 Å². The van der Waals surface area contributed by atoms with Gasteiger partial charge in [-0.3, -0.25) is 0 Å². The Bertz CT molecular complexity index is 1190. The minimum atomic E-state index is -4.00. The third-order valence-electron chi connectivity index (χ3n) is 4.78. The lowest BCUT2D eigenvalue weighted by Crippen LogP contribution is -2.50. The molecule has 2 aromatic rings. The van der Waals surface area contributed by atoms with E-state index in [1.165, 1.54) is 26.8 Å². The van der Waals surface area contributed by atoms with Crippen LogP contribution in [0.25, 0.3) is 0 Å². The van der Waals surface area contributed by atoms with Gasteiger partial charge in [-0.05, 0) is 55.3 Å². The summed E-state index contributed by atoms with van der Waals surface area (Å²) in [5.41, 5.74) is 2.14. The first-order chi connectivity index (χ1) is 14.0. The first kappa shape index (κ1) is 22.2. The summed E-state index contributed by atoms with van der Waals surface area (Å²) in [4.78, 5) is -0.117. The molecule has 0 saturated carbocycles. The fraction of sp³-hybridized carbons (Fsp3) is 0.350. The summed E-state index contributed by atoms with van der Waals surface area (Å²) in [6.45, 7) is 4.02. The number of sulfonamides is 2. The van der Waals surface area contributed by atoms with Crippen molar-refractivity contribution in [3.63, 3.8) is 0 Å². The molecule has 3 rings (SSSR count). The Kier molecular flexibility index (Phi) is 6.19. The number of aryl methyl sites for hydroxylation is 2. The lowest BCUT2D eigenvalue weighted by atomic mass is 10.1. The number of nitrogens with zero attached hydrogens (tertiary/aromatic N) is 3. The Hall–Kier alpha value is -2.45. The highest BCUT2D eigenvalue weighted by Gasteiger charge is 2.33. The maximum atomic E-state index is 13.3. The van der Waals surface area contributed by atoms with Crippen LogP contribution in [0.3, 0.4) is 0 Å². The monoisotopic (exact) mass is 449 g/mol. The fourth-order valence-electron chi connectivity index (χ4n) is 3.36. The number of hydrogen-bond donors (Lipinski definition) is 0. The molecular weight excluding hydrogens is 426 g/mol. The van der Waals surface area contributed by atoms with Crippen molar-refractivity contribution < 1.29 is 21.6 Å². The van der Waals surface area contributed by atoms with Gasteiger partial charge in [-0.2, -0.15) is 13.9 Å². The van der Waals surface area contributed by atoms with E-state index in [0.717, 1.165) is 17.4 Å². The van der Waals surface area contributed by atoms with Crippen LogP contribution < -0.4 is 4.74 Å². The molecule has 0 spiro atoms. The zero-order chi connectivity index (χ0) is 22.1. The van der Waals surface area contributed by atoms with Crippen molar-refractivity contribution >= 4 is 20.0 Å². The van der Waals surface area contributed by atoms with Gasteiger partial charge in [0, 0.05) is 26.2 Å². The van der Waals surface area contributed by atoms with Gasteiger partial charge in [0.15, 0.2) is 0 Å². The van der Waals surface area contributed by atoms with Gasteiger partial charge >= 0.3 is 0 Å². The molecule has 1 fully saturated rings. The van der Waals surface area contributed by atoms with Crippen molar-refractivity contribution in [2.75, 3.05) is 32.4 Å². The summed E-state index contributed by atoms with van der Waals surface area (Å²) >= 11 is 0. The smallest absolute Gasteiger partial charge is 0.246 e. The maximum Gasteiger partial charge on any atom is 0.246 e. The zero-order valence-electron chi connectivity index (χ0n) is 17.0. The highest BCUT2D eigenvalue weighted by atomic mass is 32.2. The highest BCUT2D eigenvalue weighted by molar-refractivity contribution is 7.89. The molecule has 10 heteroatoms. The minimum absolute atomic E-state index is 0.0230. The summed E-state index contributed by atoms with van der Waals surface area (Å²) in [6, 6.07) is 11.8. The molecule has 1 saturated heterocycles. The van der Waals surface area contributed by atoms with E-state index in [-0.39, 0.29) is 42.4 Å². The number of benzene rings is 2. The third-order valence-corrected chi connectivity index (χ3v) is 8.00. The number of ether oxygens (including phenoxy) is 1. The largest absolute Gasteiger partial charge is 0.456 e. The normalized spacial score (nSPS) is 16.2. The SMILES string of the molecule is Cc1cc(C)cc(Oc2ccc(C#N)cc2S(=O)(=O)N2CCN(S(C)(=O)=O)CC2)c1. The molecule has 8 nitrogen and oxygen atoms in total. The lowest BCUT2D eigenvalue weighted by Gasteiger charge is -2.32. The predicted molar refractivity (Wildman–Crippen MR) is 112 cm³/mol. The van der Waals surface area contributed by atoms with Crippen LogP contribution in [0, 0.1) is 25.2 Å². The minimum Gasteiger partial charge on any atom is -0.456 e. The van der Waals surface area contributed by atoms with Crippen molar-refractivity contribution in [3.05, 3.63) is 53.1 Å². The van der Waals surface area contributed by atoms with E-state index in [9.17, 15) is 22.1 Å². The van der Waals surface area contributed by atoms with E-state index in [2.05, 4.69) is 0 Å². The van der Waals surface area contributed by atoms with E-state index < -0.39 is 20.0 Å². The van der Waals surface area contributed by atoms with Gasteiger partial charge in [-0.15, -0.1) is 0 Å². The Morgan fingerprint density at radius 3 is 2.00 bits per heavy atom. The molecule has 2 aromatic carbocycles. The van der Waals surface area contributed by atoms with Crippen LogP contribution >= 0.6 is 0 Å². The van der Waals surface area contributed by atoms with Crippen LogP contribution in [-0.2, 0) is 20.0 Å². The van der Waals surface area contributed by atoms with Crippen LogP contribution in [0.4, 0.5) is 0 Å². The average molecular weight is 450 g/mol. The van der Waals surface area contributed by atoms with Crippen molar-refractivity contribution in [1.82, 2.24) is 8.61 Å². The quantitative estimate of drug-likeness (QED) is 0.693. The number of hydrogen-bond acceptors (Lipinski definition) is 6. The maximum absolute atomic E-state index is 13.3. The third kappa shape index (κ3) is 4.82. The topological polar surface area (TPSA) is 108 Å². The van der Waals surface area contributed by atoms with E-state index in [0.29, 0.717) is 5.75 Å². The molecule has 1 aliphatic heterocycles. The summed E-state index contributed by atoms with van der Waals surface area (Å²) in [7, 11) is -7.38. The lowest BCUT2D eigenvalue weighted by molar-refractivity contribution is 0.273. The van der Waals surface area contributed by atoms with Gasteiger partial charge in [0.05, 0.1) is 17.9 Å². The standard InChI is InChI=1S/C20H23N3O5S2/c1-15-10-16(2)12-18(11-15)28-19-5-4-17(14-21)13-20(19)30(26,27)23-8-6-22(7-9-23)29(3,24)25/h4-5,10-13H,6-9H2,1-3H3. The Morgan fingerprint density at radius 1 is 0.900 bits per heavy atom. The summed E-state index contributed by atoms with van der Waals surface area (Å²) in [6.07, 6.45) is 1.10. The molecule has 0 atom stereocenters. The number of nitriles is 1. The van der Waals surface area contributed by atoms with Gasteiger partial charge < -0.3 is 4.74 Å². The van der Waals surface area contributed by atoms with Gasteiger partial charge in [0.1, 0.15) is 16.4 Å². The average Bonchev–Trinajstić information content (AvgIpc) is 2.67. The van der Waals surface area contributed by atoms with Crippen molar-refractivity contribution in [2.24, 2.45) is 0 Å². The van der Waals surface area contributed by atoms with Crippen LogP contribution in [0.2, 0.25) is 0 Å². The van der Waals surface area contributed by atoms with Crippen molar-refractivity contribution in [2.45, 2.75) is 18.7 Å². The number of rotatable bonds is 5. The Balaban J connectivity index is 1.96. The molecule has 0 aromatic heterocycles. The van der Waals surface area contributed by atoms with E-state index in [4.69, 9.17) is 4.74 Å². The molecule has 0 unspecified atom stereocenters. The molecule has 1 aliphatic rings. The summed E-state index contributed by atoms with van der Waals surface area (Å²) in [5, 5.41) is 9.24. The van der Waals surface area contributed by atoms with Crippen LogP contribution in [0.15, 0.2) is 41.3 Å². The molecule has 0 N–H and O–H groups in total. The second kappa shape index (κ2) is 8.35. The fourth-order valence-corrected chi connectivity index (χ4v) is 5.75. The van der Waals surface area contributed by atoms with Crippen molar-refractivity contribution in [1.29, 1.82) is 5.26 Å². The Labute approximate surface area is 177 Å². The van der Waals surface area contributed by atoms with Gasteiger partial charge in [-0.25, -0.2) is 16.8 Å². The molecule has 160 valence electrons. The van der Waals surface area contributed by atoms with E-state index >= 15 is 0 Å². The van der Waals surface area contributed by atoms with E-state index in [1.807, 2.05) is 26.0 Å². The molecule has 1 heterocycles. The van der Waals surface area contributed by atoms with Gasteiger partial charge in [0.2, 0.25) is 20.0 Å². The van der Waals surface area contributed by atoms with Crippen molar-refractivity contribution in [3.8, 4) is 17.6 Å². The van der Waals surface area contributed by atoms with Gasteiger partial charge in [-0.1, -0.05) is 6.07 Å². The van der Waals surface area contributed by atoms with Crippen LogP contribution in [0.1, 0.15) is 16.7 Å². The first-order valence-electron chi connectivity index (χ1n) is 9.26. The molecule has 30 heavy (non-hydrogen) atoms. The predicted octanol–water partition coefficient (Wildman–Crippen LogP) is 2.23. The highest BCUT2D eigenvalue weighted by Crippen LogP contribution is 2.33. The zero-order valence-corrected chi connectivity index (χ0v) is 18.6. The molecule has 0 bridgehead atoms. The molecule has 0 amide bonds. The molecule has 0 aliphatic carbocycles. The Morgan fingerprint density at radius 2 is 1.47 bits per heavy atom. The van der Waals surface area contributed by atoms with Crippen LogP contribution in [0.5, 0.6) is 11.5 Å². The first-order valence-corrected chi connectivity index (χ1v) is 12.5. The summed E-state index contributed by atoms with van der Waals surface area (Å²) < 4.78 is 58.4. The summed E-state index contributed by atoms with van der Waals surface area (Å²) in [5.74, 6) is 0.611. The van der Waals surface area contributed by atoms with Crippen LogP contribution in [-0.4, -0.2) is 57.9 Å². The second-order valence-corrected chi connectivity index (χ2v) is 11.2.